The van der Waals surface area contributed by atoms with Crippen molar-refractivity contribution in [1.82, 2.24) is 19.8 Å². The lowest BCUT2D eigenvalue weighted by Crippen LogP contribution is -2.32. The molecule has 3 heterocycles. The van der Waals surface area contributed by atoms with Crippen LogP contribution in [0.1, 0.15) is 5.56 Å². The zero-order valence-corrected chi connectivity index (χ0v) is 13.0. The molecule has 2 aliphatic rings. The van der Waals surface area contributed by atoms with E-state index < -0.39 is 0 Å². The number of nitrogens with one attached hydrogen (secondary N) is 1. The molecular weight excluding hydrogens is 318 g/mol. The molecule has 0 atom stereocenters. The first-order valence-corrected chi connectivity index (χ1v) is 7.62. The van der Waals surface area contributed by atoms with E-state index in [9.17, 15) is 4.79 Å². The topological polar surface area (TPSA) is 71.8 Å². The van der Waals surface area contributed by atoms with Crippen molar-refractivity contribution >= 4 is 29.2 Å². The Hall–Kier alpha value is -2.54. The first-order valence-electron chi connectivity index (χ1n) is 7.24. The molecule has 0 unspecified atom stereocenters. The van der Waals surface area contributed by atoms with Crippen LogP contribution >= 0.6 is 11.6 Å². The lowest BCUT2D eigenvalue weighted by molar-refractivity contribution is -0.118. The van der Waals surface area contributed by atoms with Gasteiger partial charge in [-0.05, 0) is 12.1 Å². The van der Waals surface area contributed by atoms with Crippen molar-refractivity contribution in [3.8, 4) is 5.75 Å². The summed E-state index contributed by atoms with van der Waals surface area (Å²) in [5.74, 6) is 1.17. The fourth-order valence-corrected chi connectivity index (χ4v) is 2.94. The van der Waals surface area contributed by atoms with Gasteiger partial charge in [-0.25, -0.2) is 9.98 Å². The fraction of sp³-hybridized carbons (Fsp3) is 0.267. The van der Waals surface area contributed by atoms with E-state index in [2.05, 4.69) is 15.3 Å². The minimum Gasteiger partial charge on any atom is -0.490 e. The highest BCUT2D eigenvalue weighted by Gasteiger charge is 2.30. The number of amides is 1. The maximum absolute atomic E-state index is 11.5. The molecule has 7 nitrogen and oxygen atoms in total. The van der Waals surface area contributed by atoms with Crippen LogP contribution in [0, 0.1) is 0 Å². The predicted octanol–water partition coefficient (Wildman–Crippen LogP) is 1.55. The number of imidazole rings is 1. The van der Waals surface area contributed by atoms with Crippen molar-refractivity contribution in [2.45, 2.75) is 13.1 Å². The van der Waals surface area contributed by atoms with Gasteiger partial charge >= 0.3 is 0 Å². The molecule has 0 spiro atoms. The van der Waals surface area contributed by atoms with Crippen LogP contribution in [0.25, 0.3) is 0 Å². The number of benzene rings is 1. The Balaban J connectivity index is 1.51. The molecule has 0 radical (unpaired) electrons. The Morgan fingerprint density at radius 1 is 1.35 bits per heavy atom. The molecule has 0 bridgehead atoms. The second-order valence-electron chi connectivity index (χ2n) is 5.36. The Morgan fingerprint density at radius 2 is 2.26 bits per heavy atom. The second-order valence-corrected chi connectivity index (χ2v) is 5.74. The van der Waals surface area contributed by atoms with Gasteiger partial charge in [0.2, 0.25) is 11.9 Å². The summed E-state index contributed by atoms with van der Waals surface area (Å²) in [6, 6.07) is 3.67. The zero-order valence-electron chi connectivity index (χ0n) is 12.2. The van der Waals surface area contributed by atoms with Gasteiger partial charge in [-0.15, -0.1) is 0 Å². The summed E-state index contributed by atoms with van der Waals surface area (Å²) in [5.41, 5.74) is 1.65. The van der Waals surface area contributed by atoms with Crippen LogP contribution in [-0.4, -0.2) is 39.5 Å². The highest BCUT2D eigenvalue weighted by molar-refractivity contribution is 6.33. The van der Waals surface area contributed by atoms with Gasteiger partial charge in [0, 0.05) is 18.0 Å². The fourth-order valence-electron chi connectivity index (χ4n) is 2.66. The SMILES string of the molecule is O=C1CN2Cc3c(ccc(OCCn4ccnc4)c3Cl)N=C2N1. The van der Waals surface area contributed by atoms with Gasteiger partial charge < -0.3 is 14.2 Å². The summed E-state index contributed by atoms with van der Waals surface area (Å²) >= 11 is 6.47. The van der Waals surface area contributed by atoms with E-state index in [4.69, 9.17) is 16.3 Å². The van der Waals surface area contributed by atoms with Crippen molar-refractivity contribution < 1.29 is 9.53 Å². The smallest absolute Gasteiger partial charge is 0.246 e. The third-order valence-corrected chi connectivity index (χ3v) is 4.22. The number of hydrogen-bond donors (Lipinski definition) is 1. The highest BCUT2D eigenvalue weighted by atomic mass is 35.5. The van der Waals surface area contributed by atoms with Gasteiger partial charge in [0.15, 0.2) is 0 Å². The first kappa shape index (κ1) is 14.1. The summed E-state index contributed by atoms with van der Waals surface area (Å²) in [5, 5.41) is 3.29. The summed E-state index contributed by atoms with van der Waals surface area (Å²) in [7, 11) is 0. The van der Waals surface area contributed by atoms with E-state index >= 15 is 0 Å². The van der Waals surface area contributed by atoms with Gasteiger partial charge in [-0.3, -0.25) is 10.1 Å². The lowest BCUT2D eigenvalue weighted by Gasteiger charge is -2.24. The number of nitrogens with zero attached hydrogens (tertiary/aromatic N) is 4. The van der Waals surface area contributed by atoms with Crippen LogP contribution in [0.15, 0.2) is 35.8 Å². The highest BCUT2D eigenvalue weighted by Crippen LogP contribution is 2.38. The van der Waals surface area contributed by atoms with Crippen LogP contribution in [-0.2, 0) is 17.9 Å². The number of ether oxygens (including phenoxy) is 1. The molecule has 1 saturated heterocycles. The Kier molecular flexibility index (Phi) is 3.42. The van der Waals surface area contributed by atoms with Crippen LogP contribution in [0.3, 0.4) is 0 Å². The van der Waals surface area contributed by atoms with Crippen LogP contribution in [0.2, 0.25) is 5.02 Å². The number of carbonyl (C=O) groups excluding carboxylic acids is 1. The standard InChI is InChI=1S/C15H14ClN5O2/c16-14-10-7-21-8-13(22)19-15(21)18-11(10)1-2-12(14)23-6-5-20-4-3-17-9-20/h1-4,9H,5-8H2,(H,18,19,22). The molecule has 8 heteroatoms. The van der Waals surface area contributed by atoms with Crippen molar-refractivity contribution in [2.24, 2.45) is 4.99 Å². The largest absolute Gasteiger partial charge is 0.490 e. The van der Waals surface area contributed by atoms with E-state index in [1.54, 1.807) is 12.5 Å². The normalized spacial score (nSPS) is 15.8. The summed E-state index contributed by atoms with van der Waals surface area (Å²) < 4.78 is 7.71. The van der Waals surface area contributed by atoms with E-state index in [0.29, 0.717) is 43.0 Å². The third kappa shape index (κ3) is 2.63. The number of fused-ring (bicyclic) bond motifs is 2. The average Bonchev–Trinajstić information content (AvgIpc) is 3.16. The van der Waals surface area contributed by atoms with Crippen molar-refractivity contribution in [3.63, 3.8) is 0 Å². The minimum absolute atomic E-state index is 0.0514. The molecule has 1 N–H and O–H groups in total. The maximum atomic E-state index is 11.5. The number of guanidine groups is 1. The monoisotopic (exact) mass is 331 g/mol. The number of aliphatic imine (C=N–C) groups is 1. The molecule has 1 amide bonds. The molecule has 4 rings (SSSR count). The van der Waals surface area contributed by atoms with E-state index in [-0.39, 0.29) is 5.91 Å². The van der Waals surface area contributed by atoms with E-state index in [1.807, 2.05) is 27.8 Å². The average molecular weight is 332 g/mol. The number of halogens is 1. The van der Waals surface area contributed by atoms with Gasteiger partial charge in [0.25, 0.3) is 0 Å². The van der Waals surface area contributed by atoms with Crippen LogP contribution in [0.5, 0.6) is 5.75 Å². The van der Waals surface area contributed by atoms with Crippen molar-refractivity contribution in [1.29, 1.82) is 0 Å². The molecular formula is C15H14ClN5O2. The van der Waals surface area contributed by atoms with Gasteiger partial charge in [0.05, 0.1) is 30.1 Å². The molecule has 23 heavy (non-hydrogen) atoms. The van der Waals surface area contributed by atoms with Gasteiger partial charge in [-0.1, -0.05) is 11.6 Å². The first-order chi connectivity index (χ1) is 11.2. The van der Waals surface area contributed by atoms with Crippen molar-refractivity contribution in [2.75, 3.05) is 13.2 Å². The van der Waals surface area contributed by atoms with Crippen molar-refractivity contribution in [3.05, 3.63) is 41.4 Å². The van der Waals surface area contributed by atoms with E-state index in [0.717, 1.165) is 11.3 Å². The maximum Gasteiger partial charge on any atom is 0.246 e. The molecule has 0 saturated carbocycles. The molecule has 1 aromatic carbocycles. The zero-order chi connectivity index (χ0) is 15.8. The summed E-state index contributed by atoms with van der Waals surface area (Å²) in [6.07, 6.45) is 5.35. The van der Waals surface area contributed by atoms with Crippen LogP contribution in [0.4, 0.5) is 5.69 Å². The number of aromatic nitrogens is 2. The quantitative estimate of drug-likeness (QED) is 0.922. The minimum atomic E-state index is -0.0514. The molecule has 0 aliphatic carbocycles. The molecule has 1 aromatic heterocycles. The van der Waals surface area contributed by atoms with Crippen LogP contribution < -0.4 is 10.1 Å². The Bertz CT molecular complexity index is 787. The lowest BCUT2D eigenvalue weighted by atomic mass is 10.1. The van der Waals surface area contributed by atoms with Gasteiger partial charge in [-0.2, -0.15) is 0 Å². The molecule has 2 aliphatic heterocycles. The third-order valence-electron chi connectivity index (χ3n) is 3.81. The Labute approximate surface area is 137 Å². The molecule has 118 valence electrons. The molecule has 1 fully saturated rings. The second kappa shape index (κ2) is 5.58. The van der Waals surface area contributed by atoms with Gasteiger partial charge in [0.1, 0.15) is 18.9 Å². The summed E-state index contributed by atoms with van der Waals surface area (Å²) in [4.78, 5) is 21.8. The van der Waals surface area contributed by atoms with E-state index in [1.165, 1.54) is 0 Å². The molecule has 2 aromatic rings. The summed E-state index contributed by atoms with van der Waals surface area (Å²) in [6.45, 7) is 2.04. The Morgan fingerprint density at radius 3 is 3.09 bits per heavy atom. The number of hydrogen-bond acceptors (Lipinski definition) is 5. The number of carbonyl (C=O) groups is 1. The number of rotatable bonds is 4. The predicted molar refractivity (Wildman–Crippen MR) is 84.8 cm³/mol.